The van der Waals surface area contributed by atoms with E-state index < -0.39 is 62.3 Å². The molecular formula is C26H31BrFN4O8P. The van der Waals surface area contributed by atoms with Crippen molar-refractivity contribution in [2.24, 2.45) is 0 Å². The van der Waals surface area contributed by atoms with Gasteiger partial charge in [-0.1, -0.05) is 36.4 Å². The molecule has 0 bridgehead atoms. The number of hydrogen-bond acceptors (Lipinski definition) is 10. The zero-order valence-electron chi connectivity index (χ0n) is 22.7. The Hall–Kier alpha value is -2.87. The molecule has 2 unspecified atom stereocenters. The second-order valence-electron chi connectivity index (χ2n) is 9.99. The summed E-state index contributed by atoms with van der Waals surface area (Å²) in [6.45, 7) is 5.15. The van der Waals surface area contributed by atoms with Crippen LogP contribution in [0.3, 0.4) is 0 Å². The normalized spacial score (nSPS) is 24.7. The number of halogens is 2. The number of nitrogens with one attached hydrogen (secondary N) is 1. The summed E-state index contributed by atoms with van der Waals surface area (Å²) < 4.78 is 53.2. The number of aliphatic hydroxyl groups is 1. The first-order valence-corrected chi connectivity index (χ1v) is 15.0. The molecule has 15 heteroatoms. The lowest BCUT2D eigenvalue weighted by molar-refractivity contribution is -0.149. The first kappa shape index (κ1) is 31.1. The van der Waals surface area contributed by atoms with Gasteiger partial charge in [0, 0.05) is 11.6 Å². The molecule has 41 heavy (non-hydrogen) atoms. The second kappa shape index (κ2) is 12.2. The van der Waals surface area contributed by atoms with Gasteiger partial charge in [-0.2, -0.15) is 10.1 Å². The van der Waals surface area contributed by atoms with Gasteiger partial charge in [0.1, 0.15) is 29.8 Å². The monoisotopic (exact) mass is 656 g/mol. The first-order chi connectivity index (χ1) is 19.2. The van der Waals surface area contributed by atoms with Gasteiger partial charge in [-0.05, 0) is 55.1 Å². The van der Waals surface area contributed by atoms with Crippen LogP contribution in [-0.2, 0) is 23.4 Å². The average molecular weight is 657 g/mol. The van der Waals surface area contributed by atoms with Crippen LogP contribution in [0.15, 0.2) is 57.9 Å². The number of anilines is 1. The van der Waals surface area contributed by atoms with Crippen LogP contribution in [0.2, 0.25) is 0 Å². The minimum absolute atomic E-state index is 0.104. The Balaban J connectivity index is 1.60. The molecule has 1 aromatic heterocycles. The fraction of sp³-hybridized carbons (Fsp3) is 0.423. The maximum atomic E-state index is 15.8. The number of hydrogen-bond donors (Lipinski definition) is 3. The average Bonchev–Trinajstić information content (AvgIpc) is 3.13. The molecule has 0 spiro atoms. The Morgan fingerprint density at radius 2 is 1.98 bits per heavy atom. The van der Waals surface area contributed by atoms with Crippen LogP contribution in [0.4, 0.5) is 10.2 Å². The number of nitrogens with two attached hydrogens (primary N) is 1. The number of carbonyl (C=O) groups excluding carboxylic acids is 1. The lowest BCUT2D eigenvalue weighted by atomic mass is 9.98. The van der Waals surface area contributed by atoms with Crippen molar-refractivity contribution in [1.29, 1.82) is 0 Å². The smallest absolute Gasteiger partial charge is 0.459 e. The van der Waals surface area contributed by atoms with Crippen molar-refractivity contribution in [3.05, 3.63) is 63.6 Å². The highest BCUT2D eigenvalue weighted by Crippen LogP contribution is 2.49. The predicted octanol–water partition coefficient (Wildman–Crippen LogP) is 3.86. The number of rotatable bonds is 10. The number of benzene rings is 2. The molecule has 1 aliphatic rings. The Kier molecular flexibility index (Phi) is 9.22. The van der Waals surface area contributed by atoms with E-state index in [1.165, 1.54) is 13.1 Å². The van der Waals surface area contributed by atoms with E-state index in [0.29, 0.717) is 5.39 Å². The van der Waals surface area contributed by atoms with Crippen molar-refractivity contribution in [1.82, 2.24) is 14.6 Å². The molecule has 3 aromatic rings. The number of alkyl halides is 1. The fourth-order valence-electron chi connectivity index (χ4n) is 4.27. The van der Waals surface area contributed by atoms with Crippen LogP contribution >= 0.6 is 23.7 Å². The zero-order valence-corrected chi connectivity index (χ0v) is 25.2. The van der Waals surface area contributed by atoms with Crippen LogP contribution < -0.4 is 21.0 Å². The van der Waals surface area contributed by atoms with Gasteiger partial charge in [-0.15, -0.1) is 0 Å². The van der Waals surface area contributed by atoms with Crippen molar-refractivity contribution < 1.29 is 37.4 Å². The summed E-state index contributed by atoms with van der Waals surface area (Å²) in [6.07, 6.45) is -4.07. The van der Waals surface area contributed by atoms with Gasteiger partial charge in [0.25, 0.3) is 0 Å². The molecule has 1 saturated heterocycles. The third-order valence-corrected chi connectivity index (χ3v) is 8.58. The summed E-state index contributed by atoms with van der Waals surface area (Å²) in [7, 11) is -4.40. The van der Waals surface area contributed by atoms with Crippen molar-refractivity contribution >= 4 is 46.2 Å². The molecule has 12 nitrogen and oxygen atoms in total. The van der Waals surface area contributed by atoms with Crippen molar-refractivity contribution in [2.75, 3.05) is 12.3 Å². The molecule has 222 valence electrons. The van der Waals surface area contributed by atoms with E-state index in [0.717, 1.165) is 16.9 Å². The summed E-state index contributed by atoms with van der Waals surface area (Å²) >= 11 is 3.14. The number of esters is 1. The third-order valence-electron chi connectivity index (χ3n) is 6.34. The molecule has 2 heterocycles. The molecule has 1 aliphatic heterocycles. The standard InChI is InChI=1S/C26H31BrFN4O8P/c1-14(2)38-23(34)15(3)31-41(36,40-19-11-7-9-16-8-5-6-10-17(16)19)37-13-20-21(33)26(4,28)24(39-20)32-12-18(27)22(29)30-25(32)35/h5-12,14-15,20-21,24,33H,13H2,1-4H3,(H,31,36)(H2,29,30,35)/t15-,20-,21-,24?,26-,41?/m1/s1. The number of ether oxygens (including phenoxy) is 2. The van der Waals surface area contributed by atoms with Gasteiger partial charge in [0.15, 0.2) is 11.9 Å². The first-order valence-electron chi connectivity index (χ1n) is 12.7. The zero-order chi connectivity index (χ0) is 30.1. The highest BCUT2D eigenvalue weighted by molar-refractivity contribution is 9.10. The lowest BCUT2D eigenvalue weighted by Gasteiger charge is -2.26. The van der Waals surface area contributed by atoms with E-state index in [-0.39, 0.29) is 16.0 Å². The van der Waals surface area contributed by atoms with E-state index in [2.05, 4.69) is 26.0 Å². The minimum Gasteiger partial charge on any atom is -0.462 e. The van der Waals surface area contributed by atoms with E-state index in [4.69, 9.17) is 24.3 Å². The number of aromatic nitrogens is 2. The van der Waals surface area contributed by atoms with Crippen molar-refractivity contribution in [3.8, 4) is 5.75 Å². The number of nitrogens with zero attached hydrogens (tertiary/aromatic N) is 2. The SMILES string of the molecule is CC(C)OC(=O)[C@@H](C)NP(=O)(OC[C@H]1OC(n2cc(Br)c(N)nc2=O)[C@](C)(F)[C@@H]1O)Oc1cccc2ccccc12. The lowest BCUT2D eigenvalue weighted by Crippen LogP contribution is -2.43. The molecular weight excluding hydrogens is 626 g/mol. The molecule has 6 atom stereocenters. The highest BCUT2D eigenvalue weighted by atomic mass is 79.9. The van der Waals surface area contributed by atoms with Crippen LogP contribution in [0.25, 0.3) is 10.8 Å². The van der Waals surface area contributed by atoms with Gasteiger partial charge < -0.3 is 24.8 Å². The summed E-state index contributed by atoms with van der Waals surface area (Å²) in [5.41, 5.74) is 2.24. The van der Waals surface area contributed by atoms with Gasteiger partial charge >= 0.3 is 19.4 Å². The van der Waals surface area contributed by atoms with Gasteiger partial charge in [0.2, 0.25) is 0 Å². The maximum Gasteiger partial charge on any atom is 0.459 e. The molecule has 4 rings (SSSR count). The summed E-state index contributed by atoms with van der Waals surface area (Å²) in [5, 5.41) is 14.8. The molecule has 1 fully saturated rings. The number of aliphatic hydroxyl groups excluding tert-OH is 1. The summed E-state index contributed by atoms with van der Waals surface area (Å²) in [6, 6.07) is 11.2. The highest BCUT2D eigenvalue weighted by Gasteiger charge is 2.56. The maximum absolute atomic E-state index is 15.8. The Morgan fingerprint density at radius 1 is 1.29 bits per heavy atom. The van der Waals surface area contributed by atoms with E-state index in [9.17, 15) is 19.3 Å². The molecule has 0 saturated carbocycles. The molecule has 0 amide bonds. The molecule has 2 aromatic carbocycles. The van der Waals surface area contributed by atoms with Gasteiger partial charge in [-0.25, -0.2) is 13.8 Å². The van der Waals surface area contributed by atoms with Crippen molar-refractivity contribution in [3.63, 3.8) is 0 Å². The summed E-state index contributed by atoms with van der Waals surface area (Å²) in [5.74, 6) is -0.624. The van der Waals surface area contributed by atoms with Crippen LogP contribution in [0.5, 0.6) is 5.75 Å². The topological polar surface area (TPSA) is 164 Å². The third kappa shape index (κ3) is 6.79. The number of fused-ring (bicyclic) bond motifs is 1. The van der Waals surface area contributed by atoms with Gasteiger partial charge in [-0.3, -0.25) is 13.9 Å². The minimum atomic E-state index is -4.40. The molecule has 0 aliphatic carbocycles. The Bertz CT molecular complexity index is 1530. The molecule has 4 N–H and O–H groups in total. The number of nitrogen functional groups attached to an aromatic ring is 1. The van der Waals surface area contributed by atoms with Crippen molar-refractivity contribution in [2.45, 2.75) is 63.9 Å². The van der Waals surface area contributed by atoms with Gasteiger partial charge in [0.05, 0.1) is 17.2 Å². The number of carbonyl (C=O) groups is 1. The second-order valence-corrected chi connectivity index (χ2v) is 12.5. The quantitative estimate of drug-likeness (QED) is 0.214. The Labute approximate surface area is 243 Å². The van der Waals surface area contributed by atoms with Crippen LogP contribution in [0, 0.1) is 0 Å². The van der Waals surface area contributed by atoms with E-state index in [1.54, 1.807) is 38.1 Å². The Morgan fingerprint density at radius 3 is 2.68 bits per heavy atom. The van der Waals surface area contributed by atoms with Crippen LogP contribution in [0.1, 0.15) is 33.9 Å². The summed E-state index contributed by atoms with van der Waals surface area (Å²) in [4.78, 5) is 28.6. The van der Waals surface area contributed by atoms with E-state index >= 15 is 4.39 Å². The van der Waals surface area contributed by atoms with Crippen LogP contribution in [-0.4, -0.2) is 57.3 Å². The molecule has 0 radical (unpaired) electrons. The predicted molar refractivity (Wildman–Crippen MR) is 152 cm³/mol. The largest absolute Gasteiger partial charge is 0.462 e. The van der Waals surface area contributed by atoms with E-state index in [1.807, 2.05) is 18.2 Å². The fourth-order valence-corrected chi connectivity index (χ4v) is 6.10.